The molecule has 0 unspecified atom stereocenters. The number of nitrogens with zero attached hydrogens (tertiary/aromatic N) is 2. The van der Waals surface area contributed by atoms with Crippen LogP contribution in [0.25, 0.3) is 16.9 Å². The van der Waals surface area contributed by atoms with Gasteiger partial charge in [-0.3, -0.25) is 0 Å². The van der Waals surface area contributed by atoms with Crippen LogP contribution in [0.1, 0.15) is 5.56 Å². The van der Waals surface area contributed by atoms with Crippen molar-refractivity contribution in [2.45, 2.75) is 11.8 Å². The number of alkyl halides is 1. The molecule has 0 fully saturated rings. The Hall–Kier alpha value is -2.01. The van der Waals surface area contributed by atoms with E-state index in [2.05, 4.69) is 4.98 Å². The maximum atomic E-state index is 12.4. The SMILES string of the molecule is Cc1cc(-c2cn3cc(SCF)ccc3n2)ccc1N. The van der Waals surface area contributed by atoms with E-state index in [0.717, 1.165) is 33.1 Å². The Morgan fingerprint density at radius 3 is 2.85 bits per heavy atom. The highest BCUT2D eigenvalue weighted by atomic mass is 32.2. The summed E-state index contributed by atoms with van der Waals surface area (Å²) >= 11 is 1.17. The molecular formula is C15H14FN3S. The lowest BCUT2D eigenvalue weighted by Gasteiger charge is -2.01. The summed E-state index contributed by atoms with van der Waals surface area (Å²) < 4.78 is 14.3. The van der Waals surface area contributed by atoms with Crippen LogP contribution in [-0.2, 0) is 0 Å². The van der Waals surface area contributed by atoms with Crippen molar-refractivity contribution in [3.63, 3.8) is 0 Å². The number of thioether (sulfide) groups is 1. The molecule has 0 aliphatic heterocycles. The van der Waals surface area contributed by atoms with Crippen LogP contribution >= 0.6 is 11.8 Å². The Morgan fingerprint density at radius 1 is 1.25 bits per heavy atom. The molecule has 0 aliphatic rings. The second-order valence-electron chi connectivity index (χ2n) is 4.58. The smallest absolute Gasteiger partial charge is 0.139 e. The van der Waals surface area contributed by atoms with Gasteiger partial charge < -0.3 is 10.1 Å². The van der Waals surface area contributed by atoms with Gasteiger partial charge in [0.05, 0.1) is 5.69 Å². The Labute approximate surface area is 120 Å². The topological polar surface area (TPSA) is 43.3 Å². The number of hydrogen-bond acceptors (Lipinski definition) is 3. The third kappa shape index (κ3) is 2.36. The van der Waals surface area contributed by atoms with Crippen molar-refractivity contribution in [1.82, 2.24) is 9.38 Å². The molecule has 3 aromatic rings. The number of anilines is 1. The van der Waals surface area contributed by atoms with Crippen LogP contribution in [0, 0.1) is 6.92 Å². The molecule has 2 heterocycles. The van der Waals surface area contributed by atoms with Crippen molar-refractivity contribution in [2.75, 3.05) is 11.7 Å². The average molecular weight is 287 g/mol. The summed E-state index contributed by atoms with van der Waals surface area (Å²) in [6.07, 6.45) is 3.84. The third-order valence-corrected chi connectivity index (χ3v) is 3.89. The number of halogens is 1. The lowest BCUT2D eigenvalue weighted by atomic mass is 10.1. The molecule has 0 atom stereocenters. The maximum absolute atomic E-state index is 12.4. The molecule has 0 bridgehead atoms. The van der Waals surface area contributed by atoms with E-state index in [9.17, 15) is 4.39 Å². The first-order valence-corrected chi connectivity index (χ1v) is 7.20. The molecule has 0 radical (unpaired) electrons. The van der Waals surface area contributed by atoms with E-state index in [1.54, 1.807) is 0 Å². The molecule has 102 valence electrons. The van der Waals surface area contributed by atoms with Crippen LogP contribution in [0.2, 0.25) is 0 Å². The molecule has 2 N–H and O–H groups in total. The number of hydrogen-bond donors (Lipinski definition) is 1. The number of nitrogens with two attached hydrogens (primary N) is 1. The fourth-order valence-corrected chi connectivity index (χ4v) is 2.57. The van der Waals surface area contributed by atoms with E-state index >= 15 is 0 Å². The molecular weight excluding hydrogens is 273 g/mol. The van der Waals surface area contributed by atoms with Gasteiger partial charge in [0.2, 0.25) is 0 Å². The van der Waals surface area contributed by atoms with Crippen LogP contribution in [0.5, 0.6) is 0 Å². The number of aromatic nitrogens is 2. The quantitative estimate of drug-likeness (QED) is 0.586. The standard InChI is InChI=1S/C15H14FN3S/c1-10-6-11(2-4-13(10)17)14-8-19-7-12(20-9-16)3-5-15(19)18-14/h2-8H,9,17H2,1H3. The van der Waals surface area contributed by atoms with E-state index < -0.39 is 6.01 Å². The molecule has 0 saturated carbocycles. The van der Waals surface area contributed by atoms with Crippen LogP contribution in [0.3, 0.4) is 0 Å². The second kappa shape index (κ2) is 5.17. The molecule has 1 aromatic carbocycles. The zero-order valence-corrected chi connectivity index (χ0v) is 11.8. The van der Waals surface area contributed by atoms with E-state index in [4.69, 9.17) is 5.73 Å². The minimum atomic E-state index is -0.426. The van der Waals surface area contributed by atoms with Crippen LogP contribution in [-0.4, -0.2) is 15.4 Å². The van der Waals surface area contributed by atoms with Gasteiger partial charge in [0, 0.05) is 28.5 Å². The predicted molar refractivity (Wildman–Crippen MR) is 81.6 cm³/mol. The van der Waals surface area contributed by atoms with Gasteiger partial charge in [-0.05, 0) is 36.8 Å². The van der Waals surface area contributed by atoms with Crippen molar-refractivity contribution < 1.29 is 4.39 Å². The predicted octanol–water partition coefficient (Wildman–Crippen LogP) is 3.91. The molecule has 0 spiro atoms. The number of aryl methyl sites for hydroxylation is 1. The Kier molecular flexibility index (Phi) is 3.36. The van der Waals surface area contributed by atoms with E-state index in [1.807, 2.05) is 54.0 Å². The first-order valence-electron chi connectivity index (χ1n) is 6.21. The summed E-state index contributed by atoms with van der Waals surface area (Å²) in [5.41, 5.74) is 10.4. The van der Waals surface area contributed by atoms with E-state index in [-0.39, 0.29) is 0 Å². The Bertz CT molecular complexity index is 767. The Balaban J connectivity index is 2.05. The fraction of sp³-hybridized carbons (Fsp3) is 0.133. The summed E-state index contributed by atoms with van der Waals surface area (Å²) in [4.78, 5) is 5.46. The van der Waals surface area contributed by atoms with E-state index in [0.29, 0.717) is 0 Å². The average Bonchev–Trinajstić information content (AvgIpc) is 2.85. The van der Waals surface area contributed by atoms with Crippen molar-refractivity contribution >= 4 is 23.1 Å². The van der Waals surface area contributed by atoms with Crippen LogP contribution in [0.4, 0.5) is 10.1 Å². The first kappa shape index (κ1) is 13.0. The van der Waals surface area contributed by atoms with E-state index in [1.165, 1.54) is 11.8 Å². The molecule has 2 aromatic heterocycles. The molecule has 0 amide bonds. The molecule has 0 saturated heterocycles. The molecule has 20 heavy (non-hydrogen) atoms. The third-order valence-electron chi connectivity index (χ3n) is 3.21. The van der Waals surface area contributed by atoms with Crippen molar-refractivity contribution in [3.8, 4) is 11.3 Å². The van der Waals surface area contributed by atoms with Gasteiger partial charge in [-0.15, -0.1) is 0 Å². The number of nitrogen functional groups attached to an aromatic ring is 1. The summed E-state index contributed by atoms with van der Waals surface area (Å²) in [6.45, 7) is 1.98. The number of fused-ring (bicyclic) bond motifs is 1. The summed E-state index contributed by atoms with van der Waals surface area (Å²) in [6, 6.07) is 9.22. The van der Waals surface area contributed by atoms with Gasteiger partial charge in [0.1, 0.15) is 11.7 Å². The van der Waals surface area contributed by atoms with Crippen LogP contribution in [0.15, 0.2) is 47.6 Å². The number of imidazole rings is 1. The minimum absolute atomic E-state index is 0.426. The van der Waals surface area contributed by atoms with Gasteiger partial charge in [-0.1, -0.05) is 17.8 Å². The van der Waals surface area contributed by atoms with Gasteiger partial charge in [0.25, 0.3) is 0 Å². The highest BCUT2D eigenvalue weighted by Gasteiger charge is 2.06. The normalized spacial score (nSPS) is 11.1. The van der Waals surface area contributed by atoms with Gasteiger partial charge >= 0.3 is 0 Å². The molecule has 0 aliphatic carbocycles. The van der Waals surface area contributed by atoms with Crippen molar-refractivity contribution in [2.24, 2.45) is 0 Å². The second-order valence-corrected chi connectivity index (χ2v) is 5.56. The van der Waals surface area contributed by atoms with Gasteiger partial charge in [-0.25, -0.2) is 9.37 Å². The fourth-order valence-electron chi connectivity index (χ4n) is 2.09. The molecule has 5 heteroatoms. The monoisotopic (exact) mass is 287 g/mol. The zero-order chi connectivity index (χ0) is 14.1. The number of benzene rings is 1. The van der Waals surface area contributed by atoms with Gasteiger partial charge in [0.15, 0.2) is 0 Å². The molecule has 3 rings (SSSR count). The Morgan fingerprint density at radius 2 is 2.10 bits per heavy atom. The number of rotatable bonds is 3. The largest absolute Gasteiger partial charge is 0.399 e. The lowest BCUT2D eigenvalue weighted by Crippen LogP contribution is -1.89. The summed E-state index contributed by atoms with van der Waals surface area (Å²) in [5.74, 6) is 0. The zero-order valence-electron chi connectivity index (χ0n) is 11.0. The summed E-state index contributed by atoms with van der Waals surface area (Å²) in [5, 5.41) is 0. The number of pyridine rings is 1. The van der Waals surface area contributed by atoms with Gasteiger partial charge in [-0.2, -0.15) is 0 Å². The summed E-state index contributed by atoms with van der Waals surface area (Å²) in [7, 11) is 0. The first-order chi connectivity index (χ1) is 9.67. The maximum Gasteiger partial charge on any atom is 0.139 e. The van der Waals surface area contributed by atoms with Crippen molar-refractivity contribution in [1.29, 1.82) is 0 Å². The molecule has 3 nitrogen and oxygen atoms in total. The lowest BCUT2D eigenvalue weighted by molar-refractivity contribution is 0.605. The highest BCUT2D eigenvalue weighted by molar-refractivity contribution is 7.99. The van der Waals surface area contributed by atoms with Crippen LogP contribution < -0.4 is 5.73 Å². The highest BCUT2D eigenvalue weighted by Crippen LogP contribution is 2.25. The minimum Gasteiger partial charge on any atom is -0.399 e. The van der Waals surface area contributed by atoms with Crippen molar-refractivity contribution in [3.05, 3.63) is 48.3 Å².